The molecular weight excluding hydrogens is 392 g/mol. The molecule has 29 heavy (non-hydrogen) atoms. The summed E-state index contributed by atoms with van der Waals surface area (Å²) in [6.07, 6.45) is 4.42. The van der Waals surface area contributed by atoms with Crippen LogP contribution in [0, 0.1) is 11.8 Å². The largest absolute Gasteiger partial charge is 0.481 e. The van der Waals surface area contributed by atoms with E-state index in [0.717, 1.165) is 5.56 Å². The van der Waals surface area contributed by atoms with E-state index >= 15 is 0 Å². The minimum absolute atomic E-state index is 0.194. The number of rotatable bonds is 5. The van der Waals surface area contributed by atoms with Gasteiger partial charge in [0, 0.05) is 26.2 Å². The van der Waals surface area contributed by atoms with E-state index in [1.807, 2.05) is 18.2 Å². The van der Waals surface area contributed by atoms with Crippen molar-refractivity contribution in [2.75, 3.05) is 26.2 Å². The van der Waals surface area contributed by atoms with Gasteiger partial charge < -0.3 is 10.0 Å². The standard InChI is InChI=1S/C21H28N2O5S/c1-15(2)16-7-9-17(10-8-16)29(27,28)23-13-11-22(12-14-23)20(24)18-5-3-4-6-19(18)21(25)26/h3-4,7-10,15,18-19H,5-6,11-14H2,1-2H3,(H,25,26)/t18-,19+/m0/s1. The van der Waals surface area contributed by atoms with E-state index in [4.69, 9.17) is 0 Å². The van der Waals surface area contributed by atoms with Crippen LogP contribution in [0.1, 0.15) is 38.2 Å². The van der Waals surface area contributed by atoms with E-state index < -0.39 is 27.8 Å². The van der Waals surface area contributed by atoms with E-state index in [0.29, 0.717) is 18.8 Å². The molecule has 158 valence electrons. The maximum Gasteiger partial charge on any atom is 0.307 e. The lowest BCUT2D eigenvalue weighted by atomic mass is 9.82. The molecule has 1 aliphatic heterocycles. The van der Waals surface area contributed by atoms with Gasteiger partial charge in [-0.05, 0) is 36.5 Å². The maximum atomic E-state index is 12.9. The van der Waals surface area contributed by atoms with Crippen LogP contribution in [0.2, 0.25) is 0 Å². The number of carbonyl (C=O) groups excluding carboxylic acids is 1. The summed E-state index contributed by atoms with van der Waals surface area (Å²) in [7, 11) is -3.61. The smallest absolute Gasteiger partial charge is 0.307 e. The minimum atomic E-state index is -3.61. The second-order valence-corrected chi connectivity index (χ2v) is 9.89. The Hall–Kier alpha value is -2.19. The first-order valence-electron chi connectivity index (χ1n) is 9.98. The van der Waals surface area contributed by atoms with Crippen LogP contribution in [-0.4, -0.2) is 60.8 Å². The lowest BCUT2D eigenvalue weighted by Gasteiger charge is -2.37. The predicted molar refractivity (Wildman–Crippen MR) is 109 cm³/mol. The van der Waals surface area contributed by atoms with Crippen LogP contribution < -0.4 is 0 Å². The summed E-state index contributed by atoms with van der Waals surface area (Å²) < 4.78 is 27.2. The Kier molecular flexibility index (Phi) is 6.43. The van der Waals surface area contributed by atoms with Crippen molar-refractivity contribution < 1.29 is 23.1 Å². The molecule has 1 aromatic carbocycles. The molecule has 1 saturated heterocycles. The number of amides is 1. The zero-order chi connectivity index (χ0) is 21.2. The number of hydrogen-bond acceptors (Lipinski definition) is 4. The fourth-order valence-electron chi connectivity index (χ4n) is 3.92. The van der Waals surface area contributed by atoms with Crippen LogP contribution in [0.3, 0.4) is 0 Å². The molecule has 2 atom stereocenters. The van der Waals surface area contributed by atoms with Crippen molar-refractivity contribution in [3.63, 3.8) is 0 Å². The van der Waals surface area contributed by atoms with Gasteiger partial charge in [-0.2, -0.15) is 4.31 Å². The molecule has 7 nitrogen and oxygen atoms in total. The third kappa shape index (κ3) is 4.53. The van der Waals surface area contributed by atoms with Crippen molar-refractivity contribution in [1.82, 2.24) is 9.21 Å². The first kappa shape index (κ1) is 21.5. The number of nitrogens with zero attached hydrogens (tertiary/aromatic N) is 2. The fraction of sp³-hybridized carbons (Fsp3) is 0.524. The molecule has 3 rings (SSSR count). The van der Waals surface area contributed by atoms with Gasteiger partial charge in [-0.3, -0.25) is 9.59 Å². The Balaban J connectivity index is 1.65. The summed E-state index contributed by atoms with van der Waals surface area (Å²) in [6.45, 7) is 5.07. The van der Waals surface area contributed by atoms with Gasteiger partial charge in [0.15, 0.2) is 0 Å². The number of benzene rings is 1. The van der Waals surface area contributed by atoms with Crippen LogP contribution >= 0.6 is 0 Å². The van der Waals surface area contributed by atoms with Crippen LogP contribution in [0.5, 0.6) is 0 Å². The molecule has 0 unspecified atom stereocenters. The van der Waals surface area contributed by atoms with E-state index in [2.05, 4.69) is 13.8 Å². The number of sulfonamides is 1. The Bertz CT molecular complexity index is 884. The van der Waals surface area contributed by atoms with Crippen molar-refractivity contribution in [1.29, 1.82) is 0 Å². The van der Waals surface area contributed by atoms with Crippen molar-refractivity contribution >= 4 is 21.9 Å². The predicted octanol–water partition coefficient (Wildman–Crippen LogP) is 2.31. The van der Waals surface area contributed by atoms with Crippen LogP contribution in [0.4, 0.5) is 0 Å². The van der Waals surface area contributed by atoms with Gasteiger partial charge in [-0.25, -0.2) is 8.42 Å². The zero-order valence-corrected chi connectivity index (χ0v) is 17.6. The third-order valence-electron chi connectivity index (χ3n) is 5.80. The average Bonchev–Trinajstić information content (AvgIpc) is 2.73. The minimum Gasteiger partial charge on any atom is -0.481 e. The molecule has 0 radical (unpaired) electrons. The lowest BCUT2D eigenvalue weighted by molar-refractivity contribution is -0.151. The summed E-state index contributed by atoms with van der Waals surface area (Å²) in [4.78, 5) is 26.2. The van der Waals surface area contributed by atoms with Crippen molar-refractivity contribution in [3.8, 4) is 0 Å². The third-order valence-corrected chi connectivity index (χ3v) is 7.71. The summed E-state index contributed by atoms with van der Waals surface area (Å²) >= 11 is 0. The summed E-state index contributed by atoms with van der Waals surface area (Å²) in [5.41, 5.74) is 1.08. The molecule has 1 aromatic rings. The highest BCUT2D eigenvalue weighted by Gasteiger charge is 2.38. The average molecular weight is 421 g/mol. The van der Waals surface area contributed by atoms with Gasteiger partial charge in [-0.15, -0.1) is 0 Å². The van der Waals surface area contributed by atoms with E-state index in [9.17, 15) is 23.1 Å². The molecule has 1 aliphatic carbocycles. The molecule has 0 bridgehead atoms. The highest BCUT2D eigenvalue weighted by molar-refractivity contribution is 7.89. The van der Waals surface area contributed by atoms with Gasteiger partial charge in [0.25, 0.3) is 0 Å². The van der Waals surface area contributed by atoms with Crippen LogP contribution in [-0.2, 0) is 19.6 Å². The second-order valence-electron chi connectivity index (χ2n) is 7.95. The first-order valence-corrected chi connectivity index (χ1v) is 11.4. The Morgan fingerprint density at radius 3 is 2.03 bits per heavy atom. The molecule has 1 N–H and O–H groups in total. The Morgan fingerprint density at radius 1 is 0.966 bits per heavy atom. The summed E-state index contributed by atoms with van der Waals surface area (Å²) in [6, 6.07) is 6.93. The Labute approximate surface area is 172 Å². The summed E-state index contributed by atoms with van der Waals surface area (Å²) in [5.74, 6) is -2.12. The number of carboxylic acids is 1. The number of hydrogen-bond donors (Lipinski definition) is 1. The van der Waals surface area contributed by atoms with Crippen molar-refractivity contribution in [3.05, 3.63) is 42.0 Å². The molecule has 0 saturated carbocycles. The number of allylic oxidation sites excluding steroid dienone is 2. The fourth-order valence-corrected chi connectivity index (χ4v) is 5.34. The quantitative estimate of drug-likeness (QED) is 0.738. The van der Waals surface area contributed by atoms with Crippen LogP contribution in [0.15, 0.2) is 41.3 Å². The van der Waals surface area contributed by atoms with Gasteiger partial charge in [0.2, 0.25) is 15.9 Å². The number of carbonyl (C=O) groups is 2. The normalized spacial score (nSPS) is 23.3. The van der Waals surface area contributed by atoms with Crippen molar-refractivity contribution in [2.24, 2.45) is 11.8 Å². The molecule has 0 spiro atoms. The van der Waals surface area contributed by atoms with Gasteiger partial charge in [0.05, 0.1) is 16.7 Å². The Morgan fingerprint density at radius 2 is 1.52 bits per heavy atom. The SMILES string of the molecule is CC(C)c1ccc(S(=O)(=O)N2CCN(C(=O)[C@H]3CC=CC[C@H]3C(=O)O)CC2)cc1. The zero-order valence-electron chi connectivity index (χ0n) is 16.8. The molecular formula is C21H28N2O5S. The van der Waals surface area contributed by atoms with Gasteiger partial charge >= 0.3 is 5.97 Å². The second kappa shape index (κ2) is 8.67. The van der Waals surface area contributed by atoms with Gasteiger partial charge in [-0.1, -0.05) is 38.1 Å². The monoisotopic (exact) mass is 420 g/mol. The van der Waals surface area contributed by atoms with Gasteiger partial charge in [0.1, 0.15) is 0 Å². The van der Waals surface area contributed by atoms with E-state index in [-0.39, 0.29) is 37.0 Å². The molecule has 8 heteroatoms. The number of aliphatic carboxylic acids is 1. The number of piperazine rings is 1. The first-order chi connectivity index (χ1) is 13.7. The highest BCUT2D eigenvalue weighted by atomic mass is 32.2. The topological polar surface area (TPSA) is 95.0 Å². The molecule has 1 amide bonds. The van der Waals surface area contributed by atoms with Crippen molar-refractivity contribution in [2.45, 2.75) is 37.5 Å². The lowest BCUT2D eigenvalue weighted by Crippen LogP contribution is -2.53. The molecule has 0 aromatic heterocycles. The number of carboxylic acid groups (broad SMARTS) is 1. The molecule has 1 fully saturated rings. The van der Waals surface area contributed by atoms with Crippen LogP contribution in [0.25, 0.3) is 0 Å². The summed E-state index contributed by atoms with van der Waals surface area (Å²) in [5, 5.41) is 9.39. The maximum absolute atomic E-state index is 12.9. The molecule has 1 heterocycles. The van der Waals surface area contributed by atoms with E-state index in [1.54, 1.807) is 23.1 Å². The van der Waals surface area contributed by atoms with E-state index in [1.165, 1.54) is 4.31 Å². The molecule has 2 aliphatic rings. The highest BCUT2D eigenvalue weighted by Crippen LogP contribution is 2.29.